The van der Waals surface area contributed by atoms with Gasteiger partial charge in [-0.3, -0.25) is 9.59 Å². The van der Waals surface area contributed by atoms with Gasteiger partial charge in [-0.15, -0.1) is 0 Å². The average molecular weight is 264 g/mol. The van der Waals surface area contributed by atoms with E-state index < -0.39 is 17.9 Å². The Labute approximate surface area is 113 Å². The van der Waals surface area contributed by atoms with Crippen LogP contribution in [0.1, 0.15) is 25.5 Å². The third-order valence-electron chi connectivity index (χ3n) is 3.03. The Balaban J connectivity index is 2.76. The SMILES string of the molecule is CCN(CC(C)C(=O)O)C(=O)C(N)c1ccccc1. The fourth-order valence-corrected chi connectivity index (χ4v) is 1.78. The zero-order chi connectivity index (χ0) is 14.4. The van der Waals surface area contributed by atoms with Gasteiger partial charge in [-0.05, 0) is 12.5 Å². The van der Waals surface area contributed by atoms with Gasteiger partial charge in [0.2, 0.25) is 5.91 Å². The second-order valence-corrected chi connectivity index (χ2v) is 4.50. The molecule has 1 amide bonds. The number of nitrogens with two attached hydrogens (primary N) is 1. The molecule has 5 nitrogen and oxygen atoms in total. The number of aliphatic carboxylic acids is 1. The Morgan fingerprint density at radius 1 is 1.32 bits per heavy atom. The van der Waals surface area contributed by atoms with Gasteiger partial charge >= 0.3 is 5.97 Å². The molecule has 0 aliphatic heterocycles. The number of nitrogens with zero attached hydrogens (tertiary/aromatic N) is 1. The zero-order valence-electron chi connectivity index (χ0n) is 11.2. The smallest absolute Gasteiger partial charge is 0.308 e. The van der Waals surface area contributed by atoms with Crippen LogP contribution in [-0.4, -0.2) is 35.0 Å². The van der Waals surface area contributed by atoms with Crippen LogP contribution in [0.3, 0.4) is 0 Å². The number of carbonyl (C=O) groups is 2. The summed E-state index contributed by atoms with van der Waals surface area (Å²) < 4.78 is 0. The summed E-state index contributed by atoms with van der Waals surface area (Å²) in [5.74, 6) is -1.77. The first-order chi connectivity index (χ1) is 8.97. The summed E-state index contributed by atoms with van der Waals surface area (Å²) in [6.07, 6.45) is 0. The van der Waals surface area contributed by atoms with Crippen molar-refractivity contribution in [3.8, 4) is 0 Å². The fourth-order valence-electron chi connectivity index (χ4n) is 1.78. The highest BCUT2D eigenvalue weighted by Crippen LogP contribution is 2.14. The molecule has 1 aromatic rings. The van der Waals surface area contributed by atoms with E-state index in [1.807, 2.05) is 25.1 Å². The van der Waals surface area contributed by atoms with Crippen molar-refractivity contribution in [2.45, 2.75) is 19.9 Å². The molecule has 0 saturated carbocycles. The molecule has 104 valence electrons. The quantitative estimate of drug-likeness (QED) is 0.810. The van der Waals surface area contributed by atoms with Gasteiger partial charge in [0.1, 0.15) is 6.04 Å². The standard InChI is InChI=1S/C14H20N2O3/c1-3-16(9-10(2)14(18)19)13(17)12(15)11-7-5-4-6-8-11/h4-8,10,12H,3,9,15H2,1-2H3,(H,18,19). The number of rotatable bonds is 6. The van der Waals surface area contributed by atoms with Crippen molar-refractivity contribution >= 4 is 11.9 Å². The summed E-state index contributed by atoms with van der Waals surface area (Å²) in [5.41, 5.74) is 6.66. The van der Waals surface area contributed by atoms with Crippen molar-refractivity contribution in [2.24, 2.45) is 11.7 Å². The second kappa shape index (κ2) is 6.89. The third-order valence-corrected chi connectivity index (χ3v) is 3.03. The molecule has 2 unspecified atom stereocenters. The maximum atomic E-state index is 12.2. The van der Waals surface area contributed by atoms with Crippen LogP contribution in [0, 0.1) is 5.92 Å². The summed E-state index contributed by atoms with van der Waals surface area (Å²) in [5, 5.41) is 8.89. The molecule has 0 radical (unpaired) electrons. The Morgan fingerprint density at radius 3 is 2.37 bits per heavy atom. The third kappa shape index (κ3) is 4.06. The van der Waals surface area contributed by atoms with Crippen LogP contribution >= 0.6 is 0 Å². The normalized spacial score (nSPS) is 13.6. The van der Waals surface area contributed by atoms with Gasteiger partial charge in [0.05, 0.1) is 5.92 Å². The highest BCUT2D eigenvalue weighted by Gasteiger charge is 2.24. The molecular weight excluding hydrogens is 244 g/mol. The van der Waals surface area contributed by atoms with E-state index in [2.05, 4.69) is 0 Å². The molecular formula is C14H20N2O3. The van der Waals surface area contributed by atoms with Crippen molar-refractivity contribution in [3.63, 3.8) is 0 Å². The fraction of sp³-hybridized carbons (Fsp3) is 0.429. The summed E-state index contributed by atoms with van der Waals surface area (Å²) in [6.45, 7) is 4.00. The monoisotopic (exact) mass is 264 g/mol. The van der Waals surface area contributed by atoms with Crippen LogP contribution in [0.15, 0.2) is 30.3 Å². The van der Waals surface area contributed by atoms with Crippen molar-refractivity contribution in [1.82, 2.24) is 4.90 Å². The van der Waals surface area contributed by atoms with Crippen LogP contribution in [0.25, 0.3) is 0 Å². The van der Waals surface area contributed by atoms with E-state index >= 15 is 0 Å². The Kier molecular flexibility index (Phi) is 5.51. The first-order valence-corrected chi connectivity index (χ1v) is 6.29. The predicted molar refractivity (Wildman–Crippen MR) is 72.4 cm³/mol. The van der Waals surface area contributed by atoms with Gasteiger partial charge in [0.15, 0.2) is 0 Å². The minimum atomic E-state index is -0.917. The first kappa shape index (κ1) is 15.2. The van der Waals surface area contributed by atoms with Crippen LogP contribution in [0.4, 0.5) is 0 Å². The van der Waals surface area contributed by atoms with Crippen LogP contribution in [-0.2, 0) is 9.59 Å². The lowest BCUT2D eigenvalue weighted by molar-refractivity contribution is -0.143. The lowest BCUT2D eigenvalue weighted by atomic mass is 10.1. The lowest BCUT2D eigenvalue weighted by Crippen LogP contribution is -2.42. The second-order valence-electron chi connectivity index (χ2n) is 4.50. The number of carboxylic acids is 1. The van der Waals surface area contributed by atoms with Crippen LogP contribution in [0.5, 0.6) is 0 Å². The van der Waals surface area contributed by atoms with Gasteiger partial charge in [-0.1, -0.05) is 37.3 Å². The number of carbonyl (C=O) groups excluding carboxylic acids is 1. The number of carboxylic acid groups (broad SMARTS) is 1. The number of benzene rings is 1. The minimum Gasteiger partial charge on any atom is -0.481 e. The largest absolute Gasteiger partial charge is 0.481 e. The number of likely N-dealkylation sites (N-methyl/N-ethyl adjacent to an activating group) is 1. The number of hydrogen-bond donors (Lipinski definition) is 2. The first-order valence-electron chi connectivity index (χ1n) is 6.29. The van der Waals surface area contributed by atoms with Gasteiger partial charge in [0, 0.05) is 13.1 Å². The van der Waals surface area contributed by atoms with Crippen molar-refractivity contribution in [1.29, 1.82) is 0 Å². The molecule has 0 bridgehead atoms. The molecule has 5 heteroatoms. The molecule has 1 rings (SSSR count). The highest BCUT2D eigenvalue weighted by atomic mass is 16.4. The number of hydrogen-bond acceptors (Lipinski definition) is 3. The van der Waals surface area contributed by atoms with Crippen molar-refractivity contribution in [3.05, 3.63) is 35.9 Å². The summed E-state index contributed by atoms with van der Waals surface area (Å²) in [7, 11) is 0. The molecule has 0 aliphatic carbocycles. The summed E-state index contributed by atoms with van der Waals surface area (Å²) in [4.78, 5) is 24.6. The maximum absolute atomic E-state index is 12.2. The maximum Gasteiger partial charge on any atom is 0.308 e. The molecule has 0 saturated heterocycles. The summed E-state index contributed by atoms with van der Waals surface area (Å²) in [6, 6.07) is 8.32. The van der Waals surface area contributed by atoms with Gasteiger partial charge in [-0.2, -0.15) is 0 Å². The Bertz CT molecular complexity index is 434. The van der Waals surface area contributed by atoms with Crippen molar-refractivity contribution < 1.29 is 14.7 Å². The predicted octanol–water partition coefficient (Wildman–Crippen LogP) is 1.26. The molecule has 2 atom stereocenters. The van der Waals surface area contributed by atoms with Gasteiger partial charge in [-0.25, -0.2) is 0 Å². The molecule has 19 heavy (non-hydrogen) atoms. The molecule has 0 spiro atoms. The van der Waals surface area contributed by atoms with E-state index in [0.29, 0.717) is 6.54 Å². The summed E-state index contributed by atoms with van der Waals surface area (Å²) >= 11 is 0. The van der Waals surface area contributed by atoms with Crippen LogP contribution < -0.4 is 5.73 Å². The van der Waals surface area contributed by atoms with E-state index in [1.165, 1.54) is 4.90 Å². The van der Waals surface area contributed by atoms with Crippen molar-refractivity contribution in [2.75, 3.05) is 13.1 Å². The van der Waals surface area contributed by atoms with Gasteiger partial charge in [0.25, 0.3) is 0 Å². The molecule has 1 aromatic carbocycles. The number of amides is 1. The highest BCUT2D eigenvalue weighted by molar-refractivity contribution is 5.83. The topological polar surface area (TPSA) is 83.6 Å². The Morgan fingerprint density at radius 2 is 1.89 bits per heavy atom. The van der Waals surface area contributed by atoms with E-state index in [1.54, 1.807) is 19.1 Å². The van der Waals surface area contributed by atoms with E-state index in [4.69, 9.17) is 10.8 Å². The zero-order valence-corrected chi connectivity index (χ0v) is 11.2. The molecule has 0 fully saturated rings. The van der Waals surface area contributed by atoms with E-state index in [0.717, 1.165) is 5.56 Å². The van der Waals surface area contributed by atoms with E-state index in [9.17, 15) is 9.59 Å². The molecule has 3 N–H and O–H groups in total. The van der Waals surface area contributed by atoms with Gasteiger partial charge < -0.3 is 15.7 Å². The molecule has 0 aliphatic rings. The Hall–Kier alpha value is -1.88. The molecule has 0 heterocycles. The minimum absolute atomic E-state index is 0.172. The molecule has 0 aromatic heterocycles. The van der Waals surface area contributed by atoms with Crippen LogP contribution in [0.2, 0.25) is 0 Å². The average Bonchev–Trinajstić information content (AvgIpc) is 2.43. The lowest BCUT2D eigenvalue weighted by Gasteiger charge is -2.26. The van der Waals surface area contributed by atoms with E-state index in [-0.39, 0.29) is 12.5 Å².